The molecule has 0 saturated heterocycles. The molecule has 110 valence electrons. The molecule has 2 aromatic heterocycles. The molecule has 0 bridgehead atoms. The van der Waals surface area contributed by atoms with Crippen molar-refractivity contribution in [3.05, 3.63) is 71.4 Å². The molecule has 0 aliphatic rings. The van der Waals surface area contributed by atoms with Crippen LogP contribution in [0.25, 0.3) is 5.65 Å². The van der Waals surface area contributed by atoms with Crippen LogP contribution in [0.15, 0.2) is 53.8 Å². The maximum absolute atomic E-state index is 12.8. The standard InChI is InChI=1S/C16H13FN4O/c1-11-15(21-9-3-2-4-14(21)19-11)16(22)20-18-10-12-5-7-13(17)8-6-12/h2-10H,1H3,(H,20,22)/b18-10+. The van der Waals surface area contributed by atoms with Crippen molar-refractivity contribution >= 4 is 17.8 Å². The number of carbonyl (C=O) groups excluding carboxylic acids is 1. The maximum atomic E-state index is 12.8. The van der Waals surface area contributed by atoms with E-state index >= 15 is 0 Å². The van der Waals surface area contributed by atoms with E-state index in [9.17, 15) is 9.18 Å². The van der Waals surface area contributed by atoms with Crippen LogP contribution in [0, 0.1) is 12.7 Å². The Kier molecular flexibility index (Phi) is 3.65. The predicted molar refractivity (Wildman–Crippen MR) is 81.4 cm³/mol. The molecule has 0 saturated carbocycles. The number of hydrogen-bond acceptors (Lipinski definition) is 3. The second kappa shape index (κ2) is 5.77. The average Bonchev–Trinajstić information content (AvgIpc) is 2.85. The molecular formula is C16H13FN4O. The molecule has 3 rings (SSSR count). The molecule has 0 fully saturated rings. The van der Waals surface area contributed by atoms with Crippen LogP contribution in [-0.4, -0.2) is 21.5 Å². The number of aryl methyl sites for hydroxylation is 1. The van der Waals surface area contributed by atoms with Crippen molar-refractivity contribution in [2.24, 2.45) is 5.10 Å². The van der Waals surface area contributed by atoms with E-state index in [-0.39, 0.29) is 11.7 Å². The van der Waals surface area contributed by atoms with Gasteiger partial charge in [-0.05, 0) is 36.8 Å². The van der Waals surface area contributed by atoms with Gasteiger partial charge in [-0.15, -0.1) is 0 Å². The van der Waals surface area contributed by atoms with Crippen LogP contribution in [-0.2, 0) is 0 Å². The fraction of sp³-hybridized carbons (Fsp3) is 0.0625. The lowest BCUT2D eigenvalue weighted by atomic mass is 10.2. The number of hydrogen-bond donors (Lipinski definition) is 1. The Morgan fingerprint density at radius 1 is 1.27 bits per heavy atom. The zero-order valence-electron chi connectivity index (χ0n) is 11.8. The van der Waals surface area contributed by atoms with Crippen molar-refractivity contribution in [2.45, 2.75) is 6.92 Å². The first-order chi connectivity index (χ1) is 10.6. The molecule has 0 unspecified atom stereocenters. The molecule has 0 radical (unpaired) electrons. The summed E-state index contributed by atoms with van der Waals surface area (Å²) in [5.74, 6) is -0.669. The highest BCUT2D eigenvalue weighted by molar-refractivity contribution is 5.95. The topological polar surface area (TPSA) is 58.8 Å². The molecule has 1 N–H and O–H groups in total. The maximum Gasteiger partial charge on any atom is 0.290 e. The van der Waals surface area contributed by atoms with Gasteiger partial charge in [-0.2, -0.15) is 5.10 Å². The van der Waals surface area contributed by atoms with Crippen molar-refractivity contribution in [3.8, 4) is 0 Å². The van der Waals surface area contributed by atoms with Crippen molar-refractivity contribution in [3.63, 3.8) is 0 Å². The number of pyridine rings is 1. The number of rotatable bonds is 3. The summed E-state index contributed by atoms with van der Waals surface area (Å²) in [5.41, 5.74) is 4.91. The van der Waals surface area contributed by atoms with Gasteiger partial charge in [0.15, 0.2) is 0 Å². The zero-order chi connectivity index (χ0) is 15.5. The van der Waals surface area contributed by atoms with E-state index in [1.54, 1.807) is 29.7 Å². The lowest BCUT2D eigenvalue weighted by molar-refractivity contribution is 0.0948. The number of aromatic nitrogens is 2. The Labute approximate surface area is 126 Å². The highest BCUT2D eigenvalue weighted by Gasteiger charge is 2.15. The Balaban J connectivity index is 1.79. The highest BCUT2D eigenvalue weighted by Crippen LogP contribution is 2.11. The number of amides is 1. The van der Waals surface area contributed by atoms with Gasteiger partial charge in [-0.25, -0.2) is 14.8 Å². The van der Waals surface area contributed by atoms with Gasteiger partial charge in [0, 0.05) is 6.20 Å². The second-order valence-electron chi connectivity index (χ2n) is 4.73. The summed E-state index contributed by atoms with van der Waals surface area (Å²) in [6.07, 6.45) is 3.23. The molecule has 0 aliphatic heterocycles. The van der Waals surface area contributed by atoms with Crippen molar-refractivity contribution in [1.82, 2.24) is 14.8 Å². The van der Waals surface area contributed by atoms with Crippen LogP contribution in [0.4, 0.5) is 4.39 Å². The van der Waals surface area contributed by atoms with Crippen LogP contribution >= 0.6 is 0 Å². The lowest BCUT2D eigenvalue weighted by Gasteiger charge is -2.01. The predicted octanol–water partition coefficient (Wildman–Crippen LogP) is 2.55. The molecule has 2 heterocycles. The molecule has 3 aromatic rings. The summed E-state index contributed by atoms with van der Waals surface area (Å²) in [7, 11) is 0. The fourth-order valence-electron chi connectivity index (χ4n) is 2.15. The molecule has 1 aromatic carbocycles. The summed E-state index contributed by atoms with van der Waals surface area (Å²) in [6.45, 7) is 1.77. The van der Waals surface area contributed by atoms with Gasteiger partial charge < -0.3 is 0 Å². The van der Waals surface area contributed by atoms with E-state index in [1.807, 2.05) is 18.2 Å². The Bertz CT molecular complexity index is 852. The number of imidazole rings is 1. The van der Waals surface area contributed by atoms with E-state index in [1.165, 1.54) is 18.3 Å². The first-order valence-electron chi connectivity index (χ1n) is 6.68. The summed E-state index contributed by atoms with van der Waals surface area (Å²) in [6, 6.07) is 11.3. The third kappa shape index (κ3) is 2.71. The minimum absolute atomic E-state index is 0.317. The SMILES string of the molecule is Cc1nc2ccccn2c1C(=O)N/N=C/c1ccc(F)cc1. The van der Waals surface area contributed by atoms with Gasteiger partial charge >= 0.3 is 0 Å². The third-order valence-corrected chi connectivity index (χ3v) is 3.17. The Morgan fingerprint density at radius 2 is 2.05 bits per heavy atom. The quantitative estimate of drug-likeness (QED) is 0.596. The molecule has 22 heavy (non-hydrogen) atoms. The van der Waals surface area contributed by atoms with Crippen LogP contribution in [0.1, 0.15) is 21.7 Å². The number of halogens is 1. The minimum atomic E-state index is -0.352. The number of benzene rings is 1. The van der Waals surface area contributed by atoms with Crippen molar-refractivity contribution in [1.29, 1.82) is 0 Å². The van der Waals surface area contributed by atoms with Gasteiger partial charge in [0.05, 0.1) is 11.9 Å². The number of nitrogens with zero attached hydrogens (tertiary/aromatic N) is 3. The number of hydrazone groups is 1. The fourth-order valence-corrected chi connectivity index (χ4v) is 2.15. The van der Waals surface area contributed by atoms with Crippen LogP contribution < -0.4 is 5.43 Å². The molecule has 0 atom stereocenters. The number of nitrogens with one attached hydrogen (secondary N) is 1. The minimum Gasteiger partial charge on any atom is -0.295 e. The van der Waals surface area contributed by atoms with E-state index in [2.05, 4.69) is 15.5 Å². The van der Waals surface area contributed by atoms with Gasteiger partial charge in [0.2, 0.25) is 0 Å². The number of carbonyl (C=O) groups is 1. The Morgan fingerprint density at radius 3 is 2.82 bits per heavy atom. The average molecular weight is 296 g/mol. The van der Waals surface area contributed by atoms with E-state index in [4.69, 9.17) is 0 Å². The molecule has 0 spiro atoms. The summed E-state index contributed by atoms with van der Waals surface area (Å²) in [4.78, 5) is 16.6. The van der Waals surface area contributed by atoms with Gasteiger partial charge in [-0.3, -0.25) is 9.20 Å². The van der Waals surface area contributed by atoms with Crippen molar-refractivity contribution < 1.29 is 9.18 Å². The van der Waals surface area contributed by atoms with Gasteiger partial charge in [-0.1, -0.05) is 18.2 Å². The molecule has 6 heteroatoms. The van der Waals surface area contributed by atoms with E-state index < -0.39 is 0 Å². The first kappa shape index (κ1) is 13.9. The van der Waals surface area contributed by atoms with Gasteiger partial charge in [0.25, 0.3) is 5.91 Å². The smallest absolute Gasteiger partial charge is 0.290 e. The van der Waals surface area contributed by atoms with Crippen LogP contribution in [0.3, 0.4) is 0 Å². The monoisotopic (exact) mass is 296 g/mol. The summed E-state index contributed by atoms with van der Waals surface area (Å²) < 4.78 is 14.5. The number of fused-ring (bicyclic) bond motifs is 1. The Hall–Kier alpha value is -3.02. The van der Waals surface area contributed by atoms with Crippen LogP contribution in [0.2, 0.25) is 0 Å². The second-order valence-corrected chi connectivity index (χ2v) is 4.73. The van der Waals surface area contributed by atoms with E-state index in [0.717, 1.165) is 0 Å². The molecular weight excluding hydrogens is 283 g/mol. The summed E-state index contributed by atoms with van der Waals surface area (Å²) >= 11 is 0. The first-order valence-corrected chi connectivity index (χ1v) is 6.68. The molecule has 5 nitrogen and oxygen atoms in total. The van der Waals surface area contributed by atoms with E-state index in [0.29, 0.717) is 22.6 Å². The van der Waals surface area contributed by atoms with Gasteiger partial charge in [0.1, 0.15) is 17.2 Å². The molecule has 1 amide bonds. The van der Waals surface area contributed by atoms with Crippen molar-refractivity contribution in [2.75, 3.05) is 0 Å². The normalized spacial score (nSPS) is 11.2. The van der Waals surface area contributed by atoms with Crippen LogP contribution in [0.5, 0.6) is 0 Å². The lowest BCUT2D eigenvalue weighted by Crippen LogP contribution is -2.20. The largest absolute Gasteiger partial charge is 0.295 e. The highest BCUT2D eigenvalue weighted by atomic mass is 19.1. The third-order valence-electron chi connectivity index (χ3n) is 3.17. The zero-order valence-corrected chi connectivity index (χ0v) is 11.8. The molecule has 0 aliphatic carbocycles. The summed E-state index contributed by atoms with van der Waals surface area (Å²) in [5, 5.41) is 3.89.